The van der Waals surface area contributed by atoms with Gasteiger partial charge in [0, 0.05) is 35.4 Å². The highest BCUT2D eigenvalue weighted by Gasteiger charge is 2.15. The number of aromatic nitrogens is 2. The molecule has 0 atom stereocenters. The molecule has 0 spiro atoms. The highest BCUT2D eigenvalue weighted by molar-refractivity contribution is 5.85. The van der Waals surface area contributed by atoms with Crippen molar-refractivity contribution >= 4 is 28.5 Å². The number of para-hydroxylation sites is 1. The van der Waals surface area contributed by atoms with Crippen LogP contribution in [0.5, 0.6) is 5.75 Å². The topological polar surface area (TPSA) is 143 Å². The van der Waals surface area contributed by atoms with Crippen molar-refractivity contribution in [2.45, 2.75) is 6.61 Å². The third-order valence-corrected chi connectivity index (χ3v) is 5.84. The number of non-ortho nitro benzene ring substituents is 2. The number of ether oxygens (including phenoxy) is 1. The van der Waals surface area contributed by atoms with Crippen LogP contribution in [0, 0.1) is 20.2 Å². The summed E-state index contributed by atoms with van der Waals surface area (Å²) in [7, 11) is 0. The molecule has 0 saturated carbocycles. The fourth-order valence-corrected chi connectivity index (χ4v) is 3.88. The molecule has 0 bridgehead atoms. The Labute approximate surface area is 220 Å². The molecule has 11 heteroatoms. The minimum absolute atomic E-state index is 0.0450. The lowest BCUT2D eigenvalue weighted by molar-refractivity contribution is -0.385. The monoisotopic (exact) mass is 521 g/mol. The second-order valence-electron chi connectivity index (χ2n) is 8.37. The maximum atomic E-state index is 13.4. The number of fused-ring (bicyclic) bond motifs is 1. The number of rotatable bonds is 8. The van der Waals surface area contributed by atoms with Gasteiger partial charge in [0.1, 0.15) is 12.4 Å². The zero-order valence-electron chi connectivity index (χ0n) is 20.2. The third kappa shape index (κ3) is 5.37. The van der Waals surface area contributed by atoms with Gasteiger partial charge in [-0.2, -0.15) is 9.78 Å². The van der Waals surface area contributed by atoms with Crippen molar-refractivity contribution in [3.63, 3.8) is 0 Å². The second kappa shape index (κ2) is 10.7. The molecule has 0 saturated heterocycles. The van der Waals surface area contributed by atoms with Gasteiger partial charge in [-0.3, -0.25) is 25.0 Å². The van der Waals surface area contributed by atoms with Crippen molar-refractivity contribution in [3.05, 3.63) is 139 Å². The van der Waals surface area contributed by atoms with E-state index < -0.39 is 15.4 Å². The molecule has 5 rings (SSSR count). The number of hydrogen-bond donors (Lipinski definition) is 0. The molecule has 5 aromatic rings. The summed E-state index contributed by atoms with van der Waals surface area (Å²) in [4.78, 5) is 39.4. The van der Waals surface area contributed by atoms with Crippen molar-refractivity contribution in [3.8, 4) is 17.1 Å². The fraction of sp³-hybridized carbons (Fsp3) is 0.0357. The summed E-state index contributed by atoms with van der Waals surface area (Å²) >= 11 is 0. The minimum Gasteiger partial charge on any atom is -0.488 e. The van der Waals surface area contributed by atoms with Gasteiger partial charge in [-0.1, -0.05) is 42.5 Å². The fourth-order valence-electron chi connectivity index (χ4n) is 3.88. The van der Waals surface area contributed by atoms with Gasteiger partial charge >= 0.3 is 0 Å². The molecule has 0 aliphatic carbocycles. The van der Waals surface area contributed by atoms with E-state index >= 15 is 0 Å². The van der Waals surface area contributed by atoms with E-state index in [9.17, 15) is 25.0 Å². The van der Waals surface area contributed by atoms with E-state index in [4.69, 9.17) is 4.74 Å². The highest BCUT2D eigenvalue weighted by atomic mass is 16.6. The van der Waals surface area contributed by atoms with Crippen LogP contribution < -0.4 is 10.3 Å². The summed E-state index contributed by atoms with van der Waals surface area (Å²) in [5.74, 6) is 0.570. The maximum Gasteiger partial charge on any atom is 0.282 e. The molecule has 0 fully saturated rings. The molecule has 0 aliphatic rings. The third-order valence-electron chi connectivity index (χ3n) is 5.84. The molecule has 1 aromatic heterocycles. The first kappa shape index (κ1) is 25.0. The Morgan fingerprint density at radius 2 is 1.51 bits per heavy atom. The van der Waals surface area contributed by atoms with Crippen LogP contribution in [0.25, 0.3) is 22.3 Å². The summed E-state index contributed by atoms with van der Waals surface area (Å²) in [6, 6.07) is 25.8. The van der Waals surface area contributed by atoms with Gasteiger partial charge in [0.25, 0.3) is 16.9 Å². The maximum absolute atomic E-state index is 13.4. The first-order valence-corrected chi connectivity index (χ1v) is 11.7. The first-order chi connectivity index (χ1) is 18.9. The van der Waals surface area contributed by atoms with E-state index in [-0.39, 0.29) is 29.3 Å². The normalized spacial score (nSPS) is 11.1. The number of nitro benzene ring substituents is 2. The zero-order valence-corrected chi connectivity index (χ0v) is 20.2. The summed E-state index contributed by atoms with van der Waals surface area (Å²) in [5.41, 5.74) is 1.43. The van der Waals surface area contributed by atoms with Gasteiger partial charge in [0.2, 0.25) is 0 Å². The summed E-state index contributed by atoms with van der Waals surface area (Å²) in [6.07, 6.45) is 1.31. The molecule has 4 aromatic carbocycles. The molecule has 192 valence electrons. The van der Waals surface area contributed by atoms with Crippen LogP contribution in [0.15, 0.2) is 107 Å². The van der Waals surface area contributed by atoms with Gasteiger partial charge in [-0.15, -0.1) is 0 Å². The Morgan fingerprint density at radius 1 is 0.846 bits per heavy atom. The Kier molecular flexibility index (Phi) is 6.86. The number of benzene rings is 4. The molecule has 0 radical (unpaired) electrons. The molecule has 1 heterocycles. The molecule has 39 heavy (non-hydrogen) atoms. The predicted molar refractivity (Wildman–Crippen MR) is 145 cm³/mol. The van der Waals surface area contributed by atoms with Gasteiger partial charge in [0.15, 0.2) is 5.82 Å². The molecule has 11 nitrogen and oxygen atoms in total. The van der Waals surface area contributed by atoms with Crippen molar-refractivity contribution in [2.24, 2.45) is 5.10 Å². The van der Waals surface area contributed by atoms with E-state index in [0.717, 1.165) is 4.68 Å². The van der Waals surface area contributed by atoms with Crippen molar-refractivity contribution in [2.75, 3.05) is 0 Å². The quantitative estimate of drug-likeness (QED) is 0.152. The van der Waals surface area contributed by atoms with Crippen molar-refractivity contribution in [1.29, 1.82) is 0 Å². The largest absolute Gasteiger partial charge is 0.488 e. The summed E-state index contributed by atoms with van der Waals surface area (Å²) in [6.45, 7) is 0.0450. The van der Waals surface area contributed by atoms with Crippen molar-refractivity contribution < 1.29 is 14.6 Å². The minimum atomic E-state index is -0.545. The Balaban J connectivity index is 1.55. The second-order valence-corrected chi connectivity index (χ2v) is 8.37. The van der Waals surface area contributed by atoms with E-state index in [1.165, 1.54) is 36.5 Å². The molecule has 0 N–H and O–H groups in total. The van der Waals surface area contributed by atoms with Gasteiger partial charge < -0.3 is 4.74 Å². The molecule has 0 unspecified atom stereocenters. The van der Waals surface area contributed by atoms with Gasteiger partial charge in [-0.25, -0.2) is 4.98 Å². The first-order valence-electron chi connectivity index (χ1n) is 11.7. The molecule has 0 amide bonds. The zero-order chi connectivity index (χ0) is 27.4. The number of hydrogen-bond acceptors (Lipinski definition) is 8. The Morgan fingerprint density at radius 3 is 2.23 bits per heavy atom. The lowest BCUT2D eigenvalue weighted by atomic mass is 10.2. The van der Waals surface area contributed by atoms with Gasteiger partial charge in [-0.05, 0) is 35.9 Å². The van der Waals surface area contributed by atoms with Crippen LogP contribution in [0.2, 0.25) is 0 Å². The van der Waals surface area contributed by atoms with E-state index in [1.54, 1.807) is 48.5 Å². The van der Waals surface area contributed by atoms with Crippen LogP contribution in [-0.2, 0) is 6.61 Å². The van der Waals surface area contributed by atoms with Crippen LogP contribution in [0.4, 0.5) is 11.4 Å². The average Bonchev–Trinajstić information content (AvgIpc) is 2.96. The Bertz CT molecular complexity index is 1780. The standard InChI is InChI=1S/C28H19N5O6/c34-28-24-8-4-5-9-25(24)30-27(20-6-2-1-3-7-20)31(28)29-17-21-16-23(33(37)38)14-15-26(21)39-18-19-10-12-22(13-11-19)32(35)36/h1-17H,18H2. The van der Waals surface area contributed by atoms with Gasteiger partial charge in [0.05, 0.1) is 27.0 Å². The lowest BCUT2D eigenvalue weighted by Gasteiger charge is -2.11. The van der Waals surface area contributed by atoms with Crippen LogP contribution in [-0.4, -0.2) is 25.7 Å². The average molecular weight is 521 g/mol. The van der Waals surface area contributed by atoms with Crippen molar-refractivity contribution in [1.82, 2.24) is 9.66 Å². The lowest BCUT2D eigenvalue weighted by Crippen LogP contribution is -2.20. The van der Waals surface area contributed by atoms with E-state index in [0.29, 0.717) is 27.9 Å². The predicted octanol–water partition coefficient (Wildman–Crippen LogP) is 5.34. The SMILES string of the molecule is O=c1c2ccccc2nc(-c2ccccc2)n1N=Cc1cc([N+](=O)[O-])ccc1OCc1ccc([N+](=O)[O-])cc1. The number of nitrogens with zero attached hydrogens (tertiary/aromatic N) is 5. The van der Waals surface area contributed by atoms with Crippen LogP contribution in [0.1, 0.15) is 11.1 Å². The molecule has 0 aliphatic heterocycles. The van der Waals surface area contributed by atoms with Crippen LogP contribution >= 0.6 is 0 Å². The van der Waals surface area contributed by atoms with E-state index in [1.807, 2.05) is 18.2 Å². The van der Waals surface area contributed by atoms with E-state index in [2.05, 4.69) is 10.1 Å². The molecular weight excluding hydrogens is 502 g/mol. The number of nitro groups is 2. The van der Waals surface area contributed by atoms with Crippen LogP contribution in [0.3, 0.4) is 0 Å². The summed E-state index contributed by atoms with van der Waals surface area (Å²) < 4.78 is 7.02. The molecular formula is C28H19N5O6. The smallest absolute Gasteiger partial charge is 0.282 e. The summed E-state index contributed by atoms with van der Waals surface area (Å²) in [5, 5.41) is 27.1. The highest BCUT2D eigenvalue weighted by Crippen LogP contribution is 2.25. The Hall–Kier alpha value is -5.71.